The van der Waals surface area contributed by atoms with Crippen LogP contribution >= 0.6 is 0 Å². The molecule has 0 aliphatic heterocycles. The molecule has 0 spiro atoms. The Balaban J connectivity index is 2.55. The normalized spacial score (nSPS) is 10.2. The summed E-state index contributed by atoms with van der Waals surface area (Å²) < 4.78 is 4.93. The molecule has 0 N–H and O–H groups in total. The molecule has 0 amide bonds. The Morgan fingerprint density at radius 2 is 2.33 bits per heavy atom. The maximum atomic E-state index is 10.6. The van der Waals surface area contributed by atoms with Crippen molar-refractivity contribution in [2.24, 2.45) is 0 Å². The van der Waals surface area contributed by atoms with Crippen molar-refractivity contribution in [1.82, 2.24) is 4.98 Å². The fourth-order valence-corrected chi connectivity index (χ4v) is 1.33. The first kappa shape index (κ1) is 9.39. The average Bonchev–Trinajstić information content (AvgIpc) is 2.71. The molecule has 0 saturated carbocycles. The van der Waals surface area contributed by atoms with Gasteiger partial charge in [0.15, 0.2) is 0 Å². The minimum atomic E-state index is -0.462. The van der Waals surface area contributed by atoms with E-state index in [1.165, 1.54) is 24.8 Å². The van der Waals surface area contributed by atoms with Crippen molar-refractivity contribution in [2.75, 3.05) is 0 Å². The smallest absolute Gasteiger partial charge is 0.288 e. The zero-order chi connectivity index (χ0) is 10.8. The van der Waals surface area contributed by atoms with Crippen LogP contribution in [-0.4, -0.2) is 9.91 Å². The molecule has 0 radical (unpaired) electrons. The van der Waals surface area contributed by atoms with Gasteiger partial charge in [-0.15, -0.1) is 0 Å². The first-order chi connectivity index (χ1) is 7.18. The highest BCUT2D eigenvalue weighted by molar-refractivity contribution is 5.66. The van der Waals surface area contributed by atoms with Crippen LogP contribution in [0.5, 0.6) is 0 Å². The Morgan fingerprint density at radius 3 is 2.93 bits per heavy atom. The Kier molecular flexibility index (Phi) is 2.21. The molecule has 2 heterocycles. The summed E-state index contributed by atoms with van der Waals surface area (Å²) in [5.74, 6) is 0. The monoisotopic (exact) mass is 204 g/mol. The van der Waals surface area contributed by atoms with Gasteiger partial charge in [-0.3, -0.25) is 15.1 Å². The predicted octanol–water partition coefficient (Wildman–Crippen LogP) is 2.56. The second-order valence-corrected chi connectivity index (χ2v) is 3.10. The summed E-state index contributed by atoms with van der Waals surface area (Å²) in [5, 5.41) is 10.6. The molecule has 15 heavy (non-hydrogen) atoms. The number of nitrogens with zero attached hydrogens (tertiary/aromatic N) is 2. The number of aromatic nitrogens is 1. The summed E-state index contributed by atoms with van der Waals surface area (Å²) in [6.07, 6.45) is 4.31. The van der Waals surface area contributed by atoms with E-state index in [9.17, 15) is 10.1 Å². The van der Waals surface area contributed by atoms with Crippen molar-refractivity contribution in [2.45, 2.75) is 6.92 Å². The number of hydrogen-bond donors (Lipinski definition) is 0. The Labute approximate surface area is 85.5 Å². The van der Waals surface area contributed by atoms with Crippen LogP contribution in [0.3, 0.4) is 0 Å². The molecule has 0 aliphatic rings. The quantitative estimate of drug-likeness (QED) is 0.556. The summed E-state index contributed by atoms with van der Waals surface area (Å²) in [5.41, 5.74) is 2.24. The summed E-state index contributed by atoms with van der Waals surface area (Å²) in [4.78, 5) is 14.1. The Morgan fingerprint density at radius 1 is 1.53 bits per heavy atom. The zero-order valence-electron chi connectivity index (χ0n) is 8.01. The van der Waals surface area contributed by atoms with E-state index in [1.54, 1.807) is 13.0 Å². The van der Waals surface area contributed by atoms with Crippen LogP contribution in [0.2, 0.25) is 0 Å². The molecule has 5 heteroatoms. The largest absolute Gasteiger partial charge is 0.472 e. The van der Waals surface area contributed by atoms with Crippen molar-refractivity contribution in [3.05, 3.63) is 46.7 Å². The van der Waals surface area contributed by atoms with Crippen molar-refractivity contribution < 1.29 is 9.34 Å². The standard InChI is InChI=1S/C10H8N2O3/c1-7-10(8-2-3-15-6-8)4-9(5-11-7)12(13)14/h2-6H,1H3. The second kappa shape index (κ2) is 3.53. The number of aryl methyl sites for hydroxylation is 1. The van der Waals surface area contributed by atoms with E-state index in [2.05, 4.69) is 4.98 Å². The minimum Gasteiger partial charge on any atom is -0.472 e. The lowest BCUT2D eigenvalue weighted by Gasteiger charge is -2.00. The highest BCUT2D eigenvalue weighted by atomic mass is 16.6. The van der Waals surface area contributed by atoms with E-state index in [0.29, 0.717) is 0 Å². The van der Waals surface area contributed by atoms with Crippen LogP contribution in [0.4, 0.5) is 5.69 Å². The van der Waals surface area contributed by atoms with Gasteiger partial charge in [-0.2, -0.15) is 0 Å². The van der Waals surface area contributed by atoms with E-state index in [4.69, 9.17) is 4.42 Å². The van der Waals surface area contributed by atoms with Gasteiger partial charge in [-0.05, 0) is 13.0 Å². The fourth-order valence-electron chi connectivity index (χ4n) is 1.33. The number of furan rings is 1. The van der Waals surface area contributed by atoms with Crippen LogP contribution in [0, 0.1) is 17.0 Å². The predicted molar refractivity (Wildman–Crippen MR) is 53.3 cm³/mol. The average molecular weight is 204 g/mol. The zero-order valence-corrected chi connectivity index (χ0v) is 8.01. The van der Waals surface area contributed by atoms with E-state index in [-0.39, 0.29) is 5.69 Å². The van der Waals surface area contributed by atoms with Gasteiger partial charge in [0.1, 0.15) is 6.20 Å². The highest BCUT2D eigenvalue weighted by Crippen LogP contribution is 2.25. The molecular formula is C10H8N2O3. The van der Waals surface area contributed by atoms with Crippen LogP contribution in [-0.2, 0) is 0 Å². The van der Waals surface area contributed by atoms with Crippen LogP contribution in [0.1, 0.15) is 5.69 Å². The molecule has 2 aromatic heterocycles. The fraction of sp³-hybridized carbons (Fsp3) is 0.100. The third-order valence-electron chi connectivity index (χ3n) is 2.12. The second-order valence-electron chi connectivity index (χ2n) is 3.10. The number of pyridine rings is 1. The van der Waals surface area contributed by atoms with Gasteiger partial charge < -0.3 is 4.42 Å². The molecule has 0 unspecified atom stereocenters. The summed E-state index contributed by atoms with van der Waals surface area (Å²) in [6, 6.07) is 3.24. The van der Waals surface area contributed by atoms with Gasteiger partial charge in [-0.25, -0.2) is 0 Å². The maximum Gasteiger partial charge on any atom is 0.288 e. The van der Waals surface area contributed by atoms with Gasteiger partial charge in [0.2, 0.25) is 0 Å². The lowest BCUT2D eigenvalue weighted by atomic mass is 10.1. The van der Waals surface area contributed by atoms with Crippen molar-refractivity contribution in [3.8, 4) is 11.1 Å². The number of nitro groups is 1. The molecule has 0 bridgehead atoms. The maximum absolute atomic E-state index is 10.6. The topological polar surface area (TPSA) is 69.2 Å². The van der Waals surface area contributed by atoms with Gasteiger partial charge in [0.05, 0.1) is 17.4 Å². The molecular weight excluding hydrogens is 196 g/mol. The third-order valence-corrected chi connectivity index (χ3v) is 2.12. The molecule has 0 fully saturated rings. The first-order valence-corrected chi connectivity index (χ1v) is 4.32. The number of rotatable bonds is 2. The van der Waals surface area contributed by atoms with E-state index < -0.39 is 4.92 Å². The van der Waals surface area contributed by atoms with Gasteiger partial charge >= 0.3 is 0 Å². The van der Waals surface area contributed by atoms with Gasteiger partial charge in [0, 0.05) is 22.9 Å². The first-order valence-electron chi connectivity index (χ1n) is 4.32. The van der Waals surface area contributed by atoms with Crippen molar-refractivity contribution >= 4 is 5.69 Å². The van der Waals surface area contributed by atoms with E-state index in [0.717, 1.165) is 16.8 Å². The van der Waals surface area contributed by atoms with Crippen LogP contribution < -0.4 is 0 Å². The van der Waals surface area contributed by atoms with E-state index in [1.807, 2.05) is 0 Å². The summed E-state index contributed by atoms with van der Waals surface area (Å²) >= 11 is 0. The Hall–Kier alpha value is -2.17. The lowest BCUT2D eigenvalue weighted by Crippen LogP contribution is -1.92. The summed E-state index contributed by atoms with van der Waals surface area (Å²) in [6.45, 7) is 1.80. The SMILES string of the molecule is Cc1ncc([N+](=O)[O-])cc1-c1ccoc1. The lowest BCUT2D eigenvalue weighted by molar-refractivity contribution is -0.385. The molecule has 2 rings (SSSR count). The molecule has 0 aromatic carbocycles. The van der Waals surface area contributed by atoms with Gasteiger partial charge in [0.25, 0.3) is 5.69 Å². The third kappa shape index (κ3) is 1.71. The van der Waals surface area contributed by atoms with Crippen molar-refractivity contribution in [1.29, 1.82) is 0 Å². The van der Waals surface area contributed by atoms with Crippen molar-refractivity contribution in [3.63, 3.8) is 0 Å². The highest BCUT2D eigenvalue weighted by Gasteiger charge is 2.11. The minimum absolute atomic E-state index is 0.0169. The molecule has 2 aromatic rings. The number of hydrogen-bond acceptors (Lipinski definition) is 4. The molecule has 0 aliphatic carbocycles. The van der Waals surface area contributed by atoms with E-state index >= 15 is 0 Å². The molecule has 76 valence electrons. The van der Waals surface area contributed by atoms with Crippen LogP contribution in [0.15, 0.2) is 35.3 Å². The molecule has 0 atom stereocenters. The molecule has 5 nitrogen and oxygen atoms in total. The summed E-state index contributed by atoms with van der Waals surface area (Å²) in [7, 11) is 0. The molecule has 0 saturated heterocycles. The van der Waals surface area contributed by atoms with Crippen LogP contribution in [0.25, 0.3) is 11.1 Å². The van der Waals surface area contributed by atoms with Gasteiger partial charge in [-0.1, -0.05) is 0 Å². The Bertz CT molecular complexity index is 491.